The molecule has 2 fully saturated rings. The van der Waals surface area contributed by atoms with Crippen LogP contribution < -0.4 is 0 Å². The lowest BCUT2D eigenvalue weighted by Crippen LogP contribution is -2.55. The van der Waals surface area contributed by atoms with Crippen molar-refractivity contribution < 1.29 is 43.9 Å². The van der Waals surface area contributed by atoms with Gasteiger partial charge in [-0.15, -0.1) is 12.3 Å². The van der Waals surface area contributed by atoms with Gasteiger partial charge in [0.25, 0.3) is 0 Å². The third-order valence-electron chi connectivity index (χ3n) is 9.91. The number of hydrogen-bond acceptors (Lipinski definition) is 10. The molecule has 0 amide bonds. The number of Topliss-reactive ketones (excluding diaryl/α,β-unsaturated/α-hetero) is 2. The van der Waals surface area contributed by atoms with Gasteiger partial charge in [-0.05, 0) is 76.1 Å². The maximum atomic E-state index is 13.8. The van der Waals surface area contributed by atoms with Gasteiger partial charge in [0, 0.05) is 36.8 Å². The first-order valence-electron chi connectivity index (χ1n) is 15.8. The van der Waals surface area contributed by atoms with Crippen LogP contribution in [0.1, 0.15) is 81.1 Å². The number of alkyl halides is 1. The van der Waals surface area contributed by atoms with Crippen LogP contribution in [0.15, 0.2) is 0 Å². The van der Waals surface area contributed by atoms with Crippen molar-refractivity contribution in [3.63, 3.8) is 0 Å². The van der Waals surface area contributed by atoms with Crippen molar-refractivity contribution in [2.75, 3.05) is 20.2 Å². The number of aliphatic hydroxyl groups is 3. The van der Waals surface area contributed by atoms with Gasteiger partial charge in [0.15, 0.2) is 9.89 Å². The maximum Gasteiger partial charge on any atom is 0.317 e. The molecule has 10 nitrogen and oxygen atoms in total. The Labute approximate surface area is 277 Å². The van der Waals surface area contributed by atoms with E-state index in [1.807, 2.05) is 11.9 Å². The molecule has 2 aliphatic heterocycles. The van der Waals surface area contributed by atoms with E-state index in [9.17, 15) is 29.7 Å². The molecule has 0 aromatic rings. The standard InChI is InChI=1S/C33H54INO9/c1-11-13-14-35(10)24(15-18(3)12-2)27(38)22(7)43-29-20(5)25(36)21(6)30(40)44-31(34)33(9,41)28(39)19(4)26(37)23-16-32(29,8)42-17-23/h1,18-24,27-29,31,38-39,41H,12-17H2,2-10H3/t18-,19-,20-,21+,22+,23-,24-,27-,28+,29+,31-,32+,33-/m0/s1. The number of rotatable bonds is 10. The van der Waals surface area contributed by atoms with E-state index < -0.39 is 75.2 Å². The minimum absolute atomic E-state index is 0.0381. The second-order valence-corrected chi connectivity index (χ2v) is 14.7. The molecule has 0 unspecified atom stereocenters. The van der Waals surface area contributed by atoms with E-state index in [4.69, 9.17) is 20.6 Å². The fraction of sp³-hybridized carbons (Fsp3) is 0.848. The summed E-state index contributed by atoms with van der Waals surface area (Å²) in [6.07, 6.45) is 3.72. The number of carbonyl (C=O) groups excluding carboxylic acids is 3. The van der Waals surface area contributed by atoms with Crippen LogP contribution >= 0.6 is 22.6 Å². The molecule has 2 heterocycles. The molecule has 44 heavy (non-hydrogen) atoms. The number of terminal acetylenes is 1. The summed E-state index contributed by atoms with van der Waals surface area (Å²) < 4.78 is 17.1. The molecule has 0 aliphatic carbocycles. The van der Waals surface area contributed by atoms with Crippen LogP contribution in [0.25, 0.3) is 0 Å². The molecule has 0 aromatic heterocycles. The number of carbonyl (C=O) groups is 3. The predicted octanol–water partition coefficient (Wildman–Crippen LogP) is 3.15. The van der Waals surface area contributed by atoms with Crippen molar-refractivity contribution in [1.29, 1.82) is 0 Å². The fourth-order valence-electron chi connectivity index (χ4n) is 6.41. The lowest BCUT2D eigenvalue weighted by Gasteiger charge is -2.42. The minimum Gasteiger partial charge on any atom is -0.448 e. The molecule has 2 bridgehead atoms. The summed E-state index contributed by atoms with van der Waals surface area (Å²) >= 11 is 1.70. The molecule has 0 spiro atoms. The number of hydrogen-bond donors (Lipinski definition) is 3. The normalized spacial score (nSPS) is 38.4. The van der Waals surface area contributed by atoms with Crippen LogP contribution in [-0.4, -0.2) is 104 Å². The maximum absolute atomic E-state index is 13.8. The van der Waals surface area contributed by atoms with Crippen LogP contribution in [0.2, 0.25) is 0 Å². The van der Waals surface area contributed by atoms with Crippen molar-refractivity contribution in [3.8, 4) is 12.3 Å². The number of esters is 1. The van der Waals surface area contributed by atoms with E-state index >= 15 is 0 Å². The minimum atomic E-state index is -1.96. The average molecular weight is 736 g/mol. The van der Waals surface area contributed by atoms with Gasteiger partial charge in [-0.2, -0.15) is 0 Å². The predicted molar refractivity (Wildman–Crippen MR) is 175 cm³/mol. The van der Waals surface area contributed by atoms with E-state index in [0.29, 0.717) is 25.3 Å². The molecular formula is C33H54INO9. The molecule has 13 atom stereocenters. The Hall–Kier alpha value is -1.14. The lowest BCUT2D eigenvalue weighted by atomic mass is 9.76. The first-order chi connectivity index (χ1) is 20.3. The van der Waals surface area contributed by atoms with Gasteiger partial charge in [-0.1, -0.05) is 34.1 Å². The fourth-order valence-corrected chi connectivity index (χ4v) is 7.03. The zero-order valence-corrected chi connectivity index (χ0v) is 29.9. The van der Waals surface area contributed by atoms with Crippen LogP contribution in [0.4, 0.5) is 0 Å². The second kappa shape index (κ2) is 16.1. The molecule has 2 saturated heterocycles. The van der Waals surface area contributed by atoms with Crippen molar-refractivity contribution in [2.24, 2.45) is 29.6 Å². The Morgan fingerprint density at radius 3 is 2.34 bits per heavy atom. The Morgan fingerprint density at radius 1 is 1.16 bits per heavy atom. The molecule has 2 rings (SSSR count). The van der Waals surface area contributed by atoms with Gasteiger partial charge in [0.05, 0.1) is 36.6 Å². The molecule has 2 aliphatic rings. The van der Waals surface area contributed by atoms with Crippen LogP contribution in [0.3, 0.4) is 0 Å². The number of ether oxygens (including phenoxy) is 3. The zero-order valence-electron chi connectivity index (χ0n) is 27.8. The van der Waals surface area contributed by atoms with Gasteiger partial charge >= 0.3 is 5.97 Å². The molecule has 0 radical (unpaired) electrons. The van der Waals surface area contributed by atoms with Gasteiger partial charge < -0.3 is 29.5 Å². The monoisotopic (exact) mass is 735 g/mol. The van der Waals surface area contributed by atoms with Crippen LogP contribution in [-0.2, 0) is 28.6 Å². The summed E-state index contributed by atoms with van der Waals surface area (Å²) in [4.78, 5) is 42.5. The largest absolute Gasteiger partial charge is 0.448 e. The first kappa shape index (κ1) is 39.0. The van der Waals surface area contributed by atoms with Gasteiger partial charge in [-0.25, -0.2) is 0 Å². The highest BCUT2D eigenvalue weighted by molar-refractivity contribution is 14.1. The number of ketones is 2. The quantitative estimate of drug-likeness (QED) is 0.101. The Bertz CT molecular complexity index is 1050. The van der Waals surface area contributed by atoms with Crippen LogP contribution in [0.5, 0.6) is 0 Å². The third kappa shape index (κ3) is 8.81. The number of aliphatic hydroxyl groups excluding tert-OH is 2. The topological polar surface area (TPSA) is 143 Å². The Morgan fingerprint density at radius 2 is 1.77 bits per heavy atom. The molecule has 252 valence electrons. The van der Waals surface area contributed by atoms with Crippen LogP contribution in [0, 0.1) is 41.9 Å². The number of cyclic esters (lactones) is 1. The summed E-state index contributed by atoms with van der Waals surface area (Å²) in [5.41, 5.74) is -3.08. The SMILES string of the molecule is C#CCCN(C)[C@@H](C[C@@H](C)CC)[C@@H](O)[C@@H](C)O[C@@H]1[C@@H](C)C(=O)[C@@H](C)C(=O)O[C@H](I)[C@@](C)(O)[C@H](O)[C@@H](C)C(=O)[C@@H]2CO[C@]1(C)C2. The van der Waals surface area contributed by atoms with Gasteiger partial charge in [0.1, 0.15) is 17.3 Å². The highest BCUT2D eigenvalue weighted by Gasteiger charge is 2.54. The molecule has 0 saturated carbocycles. The highest BCUT2D eigenvalue weighted by Crippen LogP contribution is 2.41. The van der Waals surface area contributed by atoms with Gasteiger partial charge in [0.2, 0.25) is 0 Å². The van der Waals surface area contributed by atoms with Gasteiger partial charge in [-0.3, -0.25) is 19.3 Å². The second-order valence-electron chi connectivity index (χ2n) is 13.6. The smallest absolute Gasteiger partial charge is 0.317 e. The summed E-state index contributed by atoms with van der Waals surface area (Å²) in [6.45, 7) is 14.3. The van der Waals surface area contributed by atoms with E-state index in [0.717, 1.165) is 6.42 Å². The number of likely N-dealkylation sites (N-methyl/N-ethyl adjacent to an activating group) is 1. The summed E-state index contributed by atoms with van der Waals surface area (Å²) in [7, 11) is 1.92. The Balaban J connectivity index is 2.50. The summed E-state index contributed by atoms with van der Waals surface area (Å²) in [5, 5.41) is 33.8. The zero-order chi connectivity index (χ0) is 33.7. The highest BCUT2D eigenvalue weighted by atomic mass is 127. The van der Waals surface area contributed by atoms with Crippen molar-refractivity contribution in [1.82, 2.24) is 4.90 Å². The summed E-state index contributed by atoms with van der Waals surface area (Å²) in [5.74, 6) is -2.36. The van der Waals surface area contributed by atoms with E-state index in [-0.39, 0.29) is 24.9 Å². The summed E-state index contributed by atoms with van der Waals surface area (Å²) in [6, 6.07) is -0.269. The van der Waals surface area contributed by atoms with Crippen molar-refractivity contribution in [2.45, 2.75) is 127 Å². The average Bonchev–Trinajstić information content (AvgIpc) is 3.40. The molecule has 0 aromatic carbocycles. The first-order valence-corrected chi connectivity index (χ1v) is 17.0. The Kier molecular flexibility index (Phi) is 14.3. The number of fused-ring (bicyclic) bond motifs is 2. The number of nitrogens with zero attached hydrogens (tertiary/aromatic N) is 1. The molecule has 3 N–H and O–H groups in total. The van der Waals surface area contributed by atoms with Crippen molar-refractivity contribution in [3.05, 3.63) is 0 Å². The van der Waals surface area contributed by atoms with E-state index in [1.54, 1.807) is 43.4 Å². The lowest BCUT2D eigenvalue weighted by molar-refractivity contribution is -0.185. The third-order valence-corrected chi connectivity index (χ3v) is 11.4. The van der Waals surface area contributed by atoms with E-state index in [2.05, 4.69) is 19.8 Å². The molecule has 11 heteroatoms. The molecular weight excluding hydrogens is 681 g/mol. The van der Waals surface area contributed by atoms with E-state index in [1.165, 1.54) is 20.8 Å². The van der Waals surface area contributed by atoms with Crippen molar-refractivity contribution >= 4 is 40.1 Å². The number of halogens is 1.